The Kier molecular flexibility index (Phi) is 6.50. The fourth-order valence-electron chi connectivity index (χ4n) is 2.51. The molecule has 6 nitrogen and oxygen atoms in total. The minimum atomic E-state index is -0.247. The molecule has 7 heteroatoms. The van der Waals surface area contributed by atoms with Crippen LogP contribution in [-0.2, 0) is 16.1 Å². The molecule has 0 aliphatic rings. The normalized spacial score (nSPS) is 11.5. The minimum Gasteiger partial charge on any atom is -0.350 e. The van der Waals surface area contributed by atoms with Crippen molar-refractivity contribution in [3.63, 3.8) is 0 Å². The van der Waals surface area contributed by atoms with Crippen LogP contribution in [0.1, 0.15) is 33.4 Å². The molecule has 1 heterocycles. The number of benzene rings is 1. The Morgan fingerprint density at radius 2 is 1.85 bits per heavy atom. The number of nitrogens with one attached hydrogen (secondary N) is 1. The van der Waals surface area contributed by atoms with Gasteiger partial charge in [0.1, 0.15) is 0 Å². The highest BCUT2D eigenvalue weighted by atomic mass is 32.1. The van der Waals surface area contributed by atoms with Crippen LogP contribution in [0, 0.1) is 0 Å². The maximum atomic E-state index is 12.1. The smallest absolute Gasteiger partial charge is 0.234 e. The molecular weight excluding hydrogens is 348 g/mol. The standard InChI is InChI=1S/C19H26N4O2S/c1-14(24)23(16-9-7-6-8-10-16)18-20-15(13-26-18)11-22(5)12-17(25)21-19(2,3)4/h6-10,13H,11-12H2,1-5H3,(H,21,25). The van der Waals surface area contributed by atoms with Crippen LogP contribution in [0.5, 0.6) is 0 Å². The van der Waals surface area contributed by atoms with Gasteiger partial charge in [-0.2, -0.15) is 0 Å². The average Bonchev–Trinajstić information content (AvgIpc) is 2.93. The van der Waals surface area contributed by atoms with Crippen molar-refractivity contribution >= 4 is 34.0 Å². The fraction of sp³-hybridized carbons (Fsp3) is 0.421. The Morgan fingerprint density at radius 3 is 2.42 bits per heavy atom. The van der Waals surface area contributed by atoms with Gasteiger partial charge in [0.05, 0.1) is 17.9 Å². The van der Waals surface area contributed by atoms with Crippen molar-refractivity contribution in [2.75, 3.05) is 18.5 Å². The predicted octanol–water partition coefficient (Wildman–Crippen LogP) is 3.17. The van der Waals surface area contributed by atoms with E-state index in [1.807, 2.05) is 68.4 Å². The Morgan fingerprint density at radius 1 is 1.19 bits per heavy atom. The Hall–Kier alpha value is -2.25. The summed E-state index contributed by atoms with van der Waals surface area (Å²) in [4.78, 5) is 32.2. The van der Waals surface area contributed by atoms with Gasteiger partial charge in [0, 0.05) is 24.4 Å². The molecule has 26 heavy (non-hydrogen) atoms. The van der Waals surface area contributed by atoms with Crippen LogP contribution < -0.4 is 10.2 Å². The summed E-state index contributed by atoms with van der Waals surface area (Å²) in [6.45, 7) is 8.22. The quantitative estimate of drug-likeness (QED) is 0.843. The summed E-state index contributed by atoms with van der Waals surface area (Å²) >= 11 is 1.42. The lowest BCUT2D eigenvalue weighted by Gasteiger charge is -2.23. The molecule has 0 radical (unpaired) electrons. The fourth-order valence-corrected chi connectivity index (χ4v) is 3.39. The molecular formula is C19H26N4O2S. The molecule has 2 aromatic rings. The minimum absolute atomic E-state index is 0.0231. The van der Waals surface area contributed by atoms with Gasteiger partial charge < -0.3 is 5.32 Å². The van der Waals surface area contributed by atoms with Crippen molar-refractivity contribution in [2.24, 2.45) is 0 Å². The molecule has 0 saturated carbocycles. The highest BCUT2D eigenvalue weighted by Gasteiger charge is 2.19. The number of hydrogen-bond donors (Lipinski definition) is 1. The monoisotopic (exact) mass is 374 g/mol. The second-order valence-corrected chi connectivity index (χ2v) is 8.12. The van der Waals surface area contributed by atoms with Crippen LogP contribution in [0.2, 0.25) is 0 Å². The topological polar surface area (TPSA) is 65.5 Å². The van der Waals surface area contributed by atoms with Crippen molar-refractivity contribution in [3.8, 4) is 0 Å². The number of amides is 2. The number of likely N-dealkylation sites (N-methyl/N-ethyl adjacent to an activating group) is 1. The molecule has 0 spiro atoms. The number of hydrogen-bond acceptors (Lipinski definition) is 5. The van der Waals surface area contributed by atoms with Crippen molar-refractivity contribution in [3.05, 3.63) is 41.4 Å². The second-order valence-electron chi connectivity index (χ2n) is 7.28. The van der Waals surface area contributed by atoms with Gasteiger partial charge in [-0.1, -0.05) is 18.2 Å². The molecule has 2 amide bonds. The van der Waals surface area contributed by atoms with Gasteiger partial charge in [-0.05, 0) is 40.0 Å². The SMILES string of the molecule is CC(=O)N(c1ccccc1)c1nc(CN(C)CC(=O)NC(C)(C)C)cs1. The molecule has 2 rings (SSSR count). The molecule has 0 unspecified atom stereocenters. The van der Waals surface area contributed by atoms with Crippen molar-refractivity contribution in [2.45, 2.75) is 39.8 Å². The molecule has 1 N–H and O–H groups in total. The van der Waals surface area contributed by atoms with E-state index >= 15 is 0 Å². The lowest BCUT2D eigenvalue weighted by molar-refractivity contribution is -0.123. The van der Waals surface area contributed by atoms with E-state index in [2.05, 4.69) is 10.3 Å². The molecule has 0 aliphatic heterocycles. The molecule has 0 fully saturated rings. The van der Waals surface area contributed by atoms with Gasteiger partial charge >= 0.3 is 0 Å². The third kappa shape index (κ3) is 5.93. The zero-order valence-electron chi connectivity index (χ0n) is 15.9. The number of nitrogens with zero attached hydrogens (tertiary/aromatic N) is 3. The highest BCUT2D eigenvalue weighted by Crippen LogP contribution is 2.28. The highest BCUT2D eigenvalue weighted by molar-refractivity contribution is 7.14. The average molecular weight is 375 g/mol. The number of anilines is 2. The van der Waals surface area contributed by atoms with E-state index in [0.717, 1.165) is 11.4 Å². The number of carbonyl (C=O) groups excluding carboxylic acids is 2. The predicted molar refractivity (Wildman–Crippen MR) is 106 cm³/mol. The van der Waals surface area contributed by atoms with E-state index in [4.69, 9.17) is 0 Å². The first-order valence-corrected chi connectivity index (χ1v) is 9.33. The van der Waals surface area contributed by atoms with Crippen molar-refractivity contribution < 1.29 is 9.59 Å². The molecule has 0 atom stereocenters. The van der Waals surface area contributed by atoms with Gasteiger partial charge in [-0.15, -0.1) is 11.3 Å². The summed E-state index contributed by atoms with van der Waals surface area (Å²) in [5, 5.41) is 5.50. The third-order valence-electron chi connectivity index (χ3n) is 3.42. The summed E-state index contributed by atoms with van der Waals surface area (Å²) in [7, 11) is 1.88. The Bertz CT molecular complexity index is 752. The van der Waals surface area contributed by atoms with E-state index in [0.29, 0.717) is 18.2 Å². The summed E-state index contributed by atoms with van der Waals surface area (Å²) in [5.41, 5.74) is 1.38. The van der Waals surface area contributed by atoms with Gasteiger partial charge in [-0.25, -0.2) is 4.98 Å². The van der Waals surface area contributed by atoms with E-state index in [1.165, 1.54) is 18.3 Å². The van der Waals surface area contributed by atoms with Gasteiger partial charge in [0.25, 0.3) is 0 Å². The van der Waals surface area contributed by atoms with Crippen LogP contribution >= 0.6 is 11.3 Å². The van der Waals surface area contributed by atoms with Gasteiger partial charge in [0.2, 0.25) is 11.8 Å². The first-order valence-electron chi connectivity index (χ1n) is 8.45. The summed E-state index contributed by atoms with van der Waals surface area (Å²) < 4.78 is 0. The summed E-state index contributed by atoms with van der Waals surface area (Å²) in [5.74, 6) is -0.111. The van der Waals surface area contributed by atoms with E-state index in [1.54, 1.807) is 4.90 Å². The number of carbonyl (C=O) groups is 2. The van der Waals surface area contributed by atoms with Crippen molar-refractivity contribution in [1.29, 1.82) is 0 Å². The van der Waals surface area contributed by atoms with Crippen LogP contribution in [0.15, 0.2) is 35.7 Å². The molecule has 1 aromatic carbocycles. The Balaban J connectivity index is 2.04. The number of thiazole rings is 1. The number of para-hydroxylation sites is 1. The third-order valence-corrected chi connectivity index (χ3v) is 4.29. The summed E-state index contributed by atoms with van der Waals surface area (Å²) in [6.07, 6.45) is 0. The molecule has 0 aliphatic carbocycles. The van der Waals surface area contributed by atoms with Crippen molar-refractivity contribution in [1.82, 2.24) is 15.2 Å². The lowest BCUT2D eigenvalue weighted by atomic mass is 10.1. The van der Waals surface area contributed by atoms with Crippen LogP contribution in [-0.4, -0.2) is 40.8 Å². The zero-order valence-corrected chi connectivity index (χ0v) is 16.8. The number of rotatable bonds is 6. The van der Waals surface area contributed by atoms with E-state index in [9.17, 15) is 9.59 Å². The van der Waals surface area contributed by atoms with Gasteiger partial charge in [0.15, 0.2) is 5.13 Å². The Labute approximate surface area is 158 Å². The molecule has 0 bridgehead atoms. The first-order chi connectivity index (χ1) is 12.2. The van der Waals surface area contributed by atoms with Gasteiger partial charge in [-0.3, -0.25) is 19.4 Å². The summed E-state index contributed by atoms with van der Waals surface area (Å²) in [6, 6.07) is 9.45. The van der Waals surface area contributed by atoms with E-state index in [-0.39, 0.29) is 17.4 Å². The number of aromatic nitrogens is 1. The van der Waals surface area contributed by atoms with Crippen LogP contribution in [0.25, 0.3) is 0 Å². The largest absolute Gasteiger partial charge is 0.350 e. The lowest BCUT2D eigenvalue weighted by Crippen LogP contribution is -2.45. The maximum absolute atomic E-state index is 12.1. The molecule has 1 aromatic heterocycles. The second kappa shape index (κ2) is 8.42. The van der Waals surface area contributed by atoms with Crippen LogP contribution in [0.4, 0.5) is 10.8 Å². The maximum Gasteiger partial charge on any atom is 0.234 e. The van der Waals surface area contributed by atoms with E-state index < -0.39 is 0 Å². The molecule has 140 valence electrons. The molecule has 0 saturated heterocycles. The zero-order chi connectivity index (χ0) is 19.3. The first kappa shape index (κ1) is 20.1. The van der Waals surface area contributed by atoms with Crippen LogP contribution in [0.3, 0.4) is 0 Å².